The van der Waals surface area contributed by atoms with Crippen molar-refractivity contribution in [1.82, 2.24) is 4.98 Å². The molecule has 2 aromatic heterocycles. The highest BCUT2D eigenvalue weighted by Crippen LogP contribution is 2.32. The SMILES string of the molecule is COc1coc(-c2nc3ccccc3s2)c1. The molecule has 0 aliphatic carbocycles. The Bertz CT molecular complexity index is 594. The van der Waals surface area contributed by atoms with Crippen molar-refractivity contribution in [3.8, 4) is 16.5 Å². The molecular formula is C12H9NO2S. The maximum atomic E-state index is 5.39. The van der Waals surface area contributed by atoms with Gasteiger partial charge in [0.25, 0.3) is 0 Å². The van der Waals surface area contributed by atoms with Crippen LogP contribution < -0.4 is 4.74 Å². The van der Waals surface area contributed by atoms with Crippen LogP contribution in [0.2, 0.25) is 0 Å². The summed E-state index contributed by atoms with van der Waals surface area (Å²) in [6, 6.07) is 9.88. The van der Waals surface area contributed by atoms with Crippen LogP contribution in [0.4, 0.5) is 0 Å². The van der Waals surface area contributed by atoms with Crippen LogP contribution in [0.5, 0.6) is 5.75 Å². The number of aromatic nitrogens is 1. The first-order valence-electron chi connectivity index (χ1n) is 4.85. The minimum atomic E-state index is 0.717. The summed E-state index contributed by atoms with van der Waals surface area (Å²) < 4.78 is 11.6. The van der Waals surface area contributed by atoms with Crippen molar-refractivity contribution in [2.45, 2.75) is 0 Å². The number of thiazole rings is 1. The molecule has 3 rings (SSSR count). The Hall–Kier alpha value is -1.81. The fourth-order valence-corrected chi connectivity index (χ4v) is 2.44. The summed E-state index contributed by atoms with van der Waals surface area (Å²) in [4.78, 5) is 4.50. The third-order valence-corrected chi connectivity index (χ3v) is 3.37. The van der Waals surface area contributed by atoms with Gasteiger partial charge in [0.15, 0.2) is 16.5 Å². The van der Waals surface area contributed by atoms with Crippen molar-refractivity contribution in [3.05, 3.63) is 36.6 Å². The zero-order valence-electron chi connectivity index (χ0n) is 8.64. The molecule has 0 spiro atoms. The van der Waals surface area contributed by atoms with Crippen molar-refractivity contribution in [3.63, 3.8) is 0 Å². The van der Waals surface area contributed by atoms with Crippen molar-refractivity contribution in [1.29, 1.82) is 0 Å². The second kappa shape index (κ2) is 3.64. The lowest BCUT2D eigenvalue weighted by Gasteiger charge is -1.87. The van der Waals surface area contributed by atoms with Gasteiger partial charge in [-0.15, -0.1) is 11.3 Å². The summed E-state index contributed by atoms with van der Waals surface area (Å²) in [5.41, 5.74) is 0.998. The van der Waals surface area contributed by atoms with Crippen molar-refractivity contribution >= 4 is 21.6 Å². The number of para-hydroxylation sites is 1. The highest BCUT2D eigenvalue weighted by atomic mass is 32.1. The Morgan fingerprint density at radius 3 is 2.94 bits per heavy atom. The van der Waals surface area contributed by atoms with Crippen LogP contribution in [-0.2, 0) is 0 Å². The minimum Gasteiger partial charge on any atom is -0.493 e. The standard InChI is InChI=1S/C12H9NO2S/c1-14-8-6-10(15-7-8)12-13-9-4-2-3-5-11(9)16-12/h2-7H,1H3. The number of fused-ring (bicyclic) bond motifs is 1. The number of hydrogen-bond donors (Lipinski definition) is 0. The van der Waals surface area contributed by atoms with Crippen LogP contribution in [0.25, 0.3) is 21.0 Å². The Balaban J connectivity index is 2.11. The van der Waals surface area contributed by atoms with Gasteiger partial charge in [-0.25, -0.2) is 4.98 Å². The van der Waals surface area contributed by atoms with Gasteiger partial charge in [-0.05, 0) is 12.1 Å². The predicted octanol–water partition coefficient (Wildman–Crippen LogP) is 3.56. The average Bonchev–Trinajstić information content (AvgIpc) is 2.95. The molecule has 4 heteroatoms. The molecule has 80 valence electrons. The van der Waals surface area contributed by atoms with E-state index in [1.165, 1.54) is 0 Å². The number of furan rings is 1. The van der Waals surface area contributed by atoms with E-state index >= 15 is 0 Å². The van der Waals surface area contributed by atoms with Gasteiger partial charge in [-0.1, -0.05) is 12.1 Å². The normalized spacial score (nSPS) is 10.8. The zero-order chi connectivity index (χ0) is 11.0. The van der Waals surface area contributed by atoms with E-state index in [0.717, 1.165) is 21.0 Å². The number of benzene rings is 1. The van der Waals surface area contributed by atoms with Gasteiger partial charge in [0.1, 0.15) is 6.26 Å². The topological polar surface area (TPSA) is 35.3 Å². The molecule has 0 bridgehead atoms. The average molecular weight is 231 g/mol. The first-order chi connectivity index (χ1) is 7.86. The number of hydrogen-bond acceptors (Lipinski definition) is 4. The molecule has 3 nitrogen and oxygen atoms in total. The van der Waals surface area contributed by atoms with E-state index in [0.29, 0.717) is 5.75 Å². The summed E-state index contributed by atoms with van der Waals surface area (Å²) in [6.07, 6.45) is 1.58. The van der Waals surface area contributed by atoms with Gasteiger partial charge in [0, 0.05) is 6.07 Å². The lowest BCUT2D eigenvalue weighted by atomic mass is 10.3. The first-order valence-corrected chi connectivity index (χ1v) is 5.67. The number of nitrogens with zero attached hydrogens (tertiary/aromatic N) is 1. The molecule has 0 atom stereocenters. The first kappa shape index (κ1) is 9.42. The van der Waals surface area contributed by atoms with Gasteiger partial charge >= 0.3 is 0 Å². The Kier molecular flexibility index (Phi) is 2.15. The summed E-state index contributed by atoms with van der Waals surface area (Å²) in [5.74, 6) is 1.47. The number of methoxy groups -OCH3 is 1. The minimum absolute atomic E-state index is 0.717. The molecule has 0 aliphatic heterocycles. The summed E-state index contributed by atoms with van der Waals surface area (Å²) in [6.45, 7) is 0. The van der Waals surface area contributed by atoms with Gasteiger partial charge in [-0.2, -0.15) is 0 Å². The molecule has 16 heavy (non-hydrogen) atoms. The highest BCUT2D eigenvalue weighted by molar-refractivity contribution is 7.21. The fourth-order valence-electron chi connectivity index (χ4n) is 1.52. The summed E-state index contributed by atoms with van der Waals surface area (Å²) in [7, 11) is 1.62. The third-order valence-electron chi connectivity index (χ3n) is 2.32. The van der Waals surface area contributed by atoms with Crippen molar-refractivity contribution in [2.24, 2.45) is 0 Å². The second-order valence-electron chi connectivity index (χ2n) is 3.34. The van der Waals surface area contributed by atoms with Gasteiger partial charge in [0.2, 0.25) is 0 Å². The maximum Gasteiger partial charge on any atom is 0.166 e. The molecule has 0 saturated carbocycles. The smallest absolute Gasteiger partial charge is 0.166 e. The Morgan fingerprint density at radius 2 is 2.19 bits per heavy atom. The highest BCUT2D eigenvalue weighted by Gasteiger charge is 2.10. The molecule has 0 amide bonds. The van der Waals surface area contributed by atoms with Crippen LogP contribution in [-0.4, -0.2) is 12.1 Å². The zero-order valence-corrected chi connectivity index (χ0v) is 9.45. The monoisotopic (exact) mass is 231 g/mol. The Labute approximate surface area is 96.3 Å². The molecule has 0 fully saturated rings. The van der Waals surface area contributed by atoms with E-state index in [9.17, 15) is 0 Å². The van der Waals surface area contributed by atoms with E-state index in [-0.39, 0.29) is 0 Å². The number of rotatable bonds is 2. The molecule has 1 aromatic carbocycles. The van der Waals surface area contributed by atoms with E-state index in [4.69, 9.17) is 9.15 Å². The molecule has 2 heterocycles. The largest absolute Gasteiger partial charge is 0.493 e. The van der Waals surface area contributed by atoms with E-state index in [1.54, 1.807) is 24.7 Å². The van der Waals surface area contributed by atoms with E-state index in [2.05, 4.69) is 11.1 Å². The van der Waals surface area contributed by atoms with Crippen LogP contribution in [0.15, 0.2) is 41.0 Å². The van der Waals surface area contributed by atoms with E-state index < -0.39 is 0 Å². The molecule has 3 aromatic rings. The molecule has 0 radical (unpaired) electrons. The van der Waals surface area contributed by atoms with E-state index in [1.807, 2.05) is 24.3 Å². The third kappa shape index (κ3) is 1.47. The van der Waals surface area contributed by atoms with Crippen LogP contribution in [0, 0.1) is 0 Å². The quantitative estimate of drug-likeness (QED) is 0.676. The number of ether oxygens (including phenoxy) is 1. The van der Waals surface area contributed by atoms with Crippen LogP contribution in [0.1, 0.15) is 0 Å². The van der Waals surface area contributed by atoms with Crippen LogP contribution in [0.3, 0.4) is 0 Å². The maximum absolute atomic E-state index is 5.39. The molecule has 0 unspecified atom stereocenters. The van der Waals surface area contributed by atoms with Gasteiger partial charge < -0.3 is 9.15 Å². The molecule has 0 aliphatic rings. The second-order valence-corrected chi connectivity index (χ2v) is 4.37. The van der Waals surface area contributed by atoms with Crippen molar-refractivity contribution < 1.29 is 9.15 Å². The summed E-state index contributed by atoms with van der Waals surface area (Å²) in [5, 5.41) is 0.879. The molecule has 0 saturated heterocycles. The summed E-state index contributed by atoms with van der Waals surface area (Å²) >= 11 is 1.61. The van der Waals surface area contributed by atoms with Crippen molar-refractivity contribution in [2.75, 3.05) is 7.11 Å². The van der Waals surface area contributed by atoms with Gasteiger partial charge in [0.05, 0.1) is 17.3 Å². The molecular weight excluding hydrogens is 222 g/mol. The predicted molar refractivity (Wildman–Crippen MR) is 63.9 cm³/mol. The lowest BCUT2D eigenvalue weighted by molar-refractivity contribution is 0.406. The Morgan fingerprint density at radius 1 is 1.31 bits per heavy atom. The fraction of sp³-hybridized carbons (Fsp3) is 0.0833. The molecule has 0 N–H and O–H groups in total. The van der Waals surface area contributed by atoms with Crippen LogP contribution >= 0.6 is 11.3 Å². The lowest BCUT2D eigenvalue weighted by Crippen LogP contribution is -1.76. The van der Waals surface area contributed by atoms with Gasteiger partial charge in [-0.3, -0.25) is 0 Å².